The van der Waals surface area contributed by atoms with E-state index in [0.29, 0.717) is 10.9 Å². The minimum Gasteiger partial charge on any atom is -0.370 e. The summed E-state index contributed by atoms with van der Waals surface area (Å²) in [6, 6.07) is 15.8. The van der Waals surface area contributed by atoms with Gasteiger partial charge in [-0.3, -0.25) is 4.79 Å². The Kier molecular flexibility index (Phi) is 4.73. The fourth-order valence-corrected chi connectivity index (χ4v) is 5.63. The van der Waals surface area contributed by atoms with Gasteiger partial charge in [0.25, 0.3) is 5.56 Å². The van der Waals surface area contributed by atoms with Gasteiger partial charge in [0.2, 0.25) is 0 Å². The zero-order chi connectivity index (χ0) is 20.8. The lowest BCUT2D eigenvalue weighted by molar-refractivity contribution is 0.504. The second kappa shape index (κ2) is 7.42. The number of rotatable bonds is 2. The van der Waals surface area contributed by atoms with Crippen LogP contribution < -0.4 is 10.5 Å². The average Bonchev–Trinajstić information content (AvgIpc) is 3.19. The summed E-state index contributed by atoms with van der Waals surface area (Å²) in [4.78, 5) is 19.8. The number of anilines is 1. The monoisotopic (exact) mass is 434 g/mol. The van der Waals surface area contributed by atoms with Crippen LogP contribution in [0.5, 0.6) is 0 Å². The summed E-state index contributed by atoms with van der Waals surface area (Å²) in [5.74, 6) is 0.376. The minimum absolute atomic E-state index is 0.226. The van der Waals surface area contributed by atoms with Gasteiger partial charge in [0.05, 0.1) is 26.4 Å². The number of hydrogen-bond donors (Lipinski definition) is 0. The molecule has 0 aliphatic carbocycles. The number of para-hydroxylation sites is 1. The number of benzene rings is 2. The predicted molar refractivity (Wildman–Crippen MR) is 123 cm³/mol. The third-order valence-electron chi connectivity index (χ3n) is 5.91. The SMILES string of the molecule is Cn1c(=O)c(C#N)c(N2CCC(c3nc4cc(Cl)ccc4s3)CC2)c2ccccc21. The summed E-state index contributed by atoms with van der Waals surface area (Å²) in [6.07, 6.45) is 1.86. The third kappa shape index (κ3) is 3.06. The van der Waals surface area contributed by atoms with Crippen molar-refractivity contribution in [2.45, 2.75) is 18.8 Å². The van der Waals surface area contributed by atoms with Crippen molar-refractivity contribution in [2.24, 2.45) is 7.05 Å². The lowest BCUT2D eigenvalue weighted by Gasteiger charge is -2.34. The number of pyridine rings is 1. The first-order chi connectivity index (χ1) is 14.6. The molecule has 0 saturated carbocycles. The molecule has 2 aromatic carbocycles. The molecule has 5 rings (SSSR count). The number of nitrogens with zero attached hydrogens (tertiary/aromatic N) is 4. The van der Waals surface area contributed by atoms with Crippen molar-refractivity contribution < 1.29 is 0 Å². The van der Waals surface area contributed by atoms with Crippen molar-refractivity contribution in [3.05, 3.63) is 68.4 Å². The van der Waals surface area contributed by atoms with E-state index in [1.165, 1.54) is 0 Å². The maximum Gasteiger partial charge on any atom is 0.270 e. The molecule has 4 aromatic rings. The molecule has 1 aliphatic heterocycles. The van der Waals surface area contributed by atoms with Crippen LogP contribution >= 0.6 is 22.9 Å². The number of aromatic nitrogens is 2. The van der Waals surface area contributed by atoms with Gasteiger partial charge in [-0.1, -0.05) is 29.8 Å². The second-order valence-electron chi connectivity index (χ2n) is 7.64. The molecule has 1 saturated heterocycles. The molecular formula is C23H19ClN4OS. The molecule has 0 unspecified atom stereocenters. The Morgan fingerprint density at radius 2 is 1.97 bits per heavy atom. The molecule has 7 heteroatoms. The van der Waals surface area contributed by atoms with E-state index in [0.717, 1.165) is 57.7 Å². The fraction of sp³-hybridized carbons (Fsp3) is 0.261. The number of halogens is 1. The van der Waals surface area contributed by atoms with E-state index in [-0.39, 0.29) is 11.1 Å². The quantitative estimate of drug-likeness (QED) is 0.442. The van der Waals surface area contributed by atoms with Gasteiger partial charge in [-0.15, -0.1) is 11.3 Å². The third-order valence-corrected chi connectivity index (χ3v) is 7.35. The number of aryl methyl sites for hydroxylation is 1. The Morgan fingerprint density at radius 3 is 2.73 bits per heavy atom. The molecule has 0 radical (unpaired) electrons. The first-order valence-electron chi connectivity index (χ1n) is 9.89. The standard InChI is InChI=1S/C23H19ClN4OS/c1-27-19-5-3-2-4-16(19)21(17(13-25)23(27)29)28-10-8-14(9-11-28)22-26-18-12-15(24)6-7-20(18)30-22/h2-7,12,14H,8-11H2,1H3. The zero-order valence-corrected chi connectivity index (χ0v) is 18.0. The lowest BCUT2D eigenvalue weighted by atomic mass is 9.96. The van der Waals surface area contributed by atoms with E-state index in [1.54, 1.807) is 23.0 Å². The first kappa shape index (κ1) is 19.1. The molecule has 1 aliphatic rings. The molecule has 0 spiro atoms. The van der Waals surface area contributed by atoms with Gasteiger partial charge in [-0.05, 0) is 37.1 Å². The molecule has 5 nitrogen and oxygen atoms in total. The van der Waals surface area contributed by atoms with E-state index in [2.05, 4.69) is 11.0 Å². The van der Waals surface area contributed by atoms with Gasteiger partial charge in [-0.2, -0.15) is 5.26 Å². The van der Waals surface area contributed by atoms with Gasteiger partial charge in [0.1, 0.15) is 11.6 Å². The Bertz CT molecular complexity index is 1380. The number of piperidine rings is 1. The number of fused-ring (bicyclic) bond motifs is 2. The topological polar surface area (TPSA) is 61.9 Å². The van der Waals surface area contributed by atoms with Crippen molar-refractivity contribution in [2.75, 3.05) is 18.0 Å². The summed E-state index contributed by atoms with van der Waals surface area (Å²) < 4.78 is 2.72. The van der Waals surface area contributed by atoms with Crippen molar-refractivity contribution in [1.29, 1.82) is 5.26 Å². The van der Waals surface area contributed by atoms with Crippen molar-refractivity contribution in [3.63, 3.8) is 0 Å². The summed E-state index contributed by atoms with van der Waals surface area (Å²) >= 11 is 7.84. The number of hydrogen-bond acceptors (Lipinski definition) is 5. The number of thiazole rings is 1. The van der Waals surface area contributed by atoms with E-state index in [4.69, 9.17) is 16.6 Å². The van der Waals surface area contributed by atoms with Crippen LogP contribution in [0.4, 0.5) is 5.69 Å². The minimum atomic E-state index is -0.239. The highest BCUT2D eigenvalue weighted by atomic mass is 35.5. The molecule has 30 heavy (non-hydrogen) atoms. The van der Waals surface area contributed by atoms with Crippen LogP contribution in [0.1, 0.15) is 29.3 Å². The largest absolute Gasteiger partial charge is 0.370 e. The van der Waals surface area contributed by atoms with Crippen LogP contribution in [0.15, 0.2) is 47.3 Å². The normalized spacial score (nSPS) is 15.0. The fourth-order valence-electron chi connectivity index (χ4n) is 4.35. The van der Waals surface area contributed by atoms with Gasteiger partial charge < -0.3 is 9.47 Å². The van der Waals surface area contributed by atoms with E-state index >= 15 is 0 Å². The van der Waals surface area contributed by atoms with Crippen LogP contribution in [0.2, 0.25) is 5.02 Å². The highest BCUT2D eigenvalue weighted by Gasteiger charge is 2.27. The molecule has 3 heterocycles. The molecule has 0 amide bonds. The summed E-state index contributed by atoms with van der Waals surface area (Å²) in [7, 11) is 1.72. The van der Waals surface area contributed by atoms with Crippen molar-refractivity contribution in [3.8, 4) is 6.07 Å². The average molecular weight is 435 g/mol. The summed E-state index contributed by atoms with van der Waals surface area (Å²) in [6.45, 7) is 1.57. The maximum absolute atomic E-state index is 12.8. The molecule has 2 aromatic heterocycles. The highest BCUT2D eigenvalue weighted by molar-refractivity contribution is 7.18. The smallest absolute Gasteiger partial charge is 0.270 e. The predicted octanol–water partition coefficient (Wildman–Crippen LogP) is 5.06. The van der Waals surface area contributed by atoms with Crippen molar-refractivity contribution in [1.82, 2.24) is 9.55 Å². The zero-order valence-electron chi connectivity index (χ0n) is 16.4. The molecule has 0 bridgehead atoms. The highest BCUT2D eigenvalue weighted by Crippen LogP contribution is 2.37. The van der Waals surface area contributed by atoms with Crippen LogP contribution in [-0.2, 0) is 7.05 Å². The van der Waals surface area contributed by atoms with Crippen LogP contribution in [0, 0.1) is 11.3 Å². The summed E-state index contributed by atoms with van der Waals surface area (Å²) in [5.41, 5.74) is 2.56. The molecule has 0 N–H and O–H groups in total. The van der Waals surface area contributed by atoms with Crippen LogP contribution in [-0.4, -0.2) is 22.6 Å². The Morgan fingerprint density at radius 1 is 1.20 bits per heavy atom. The van der Waals surface area contributed by atoms with Gasteiger partial charge in [0.15, 0.2) is 0 Å². The molecular weight excluding hydrogens is 416 g/mol. The first-order valence-corrected chi connectivity index (χ1v) is 11.1. The number of nitriles is 1. The Hall–Kier alpha value is -2.88. The summed E-state index contributed by atoms with van der Waals surface area (Å²) in [5, 5.41) is 12.5. The maximum atomic E-state index is 12.8. The molecule has 0 atom stereocenters. The Labute approximate surface area is 182 Å². The van der Waals surface area contributed by atoms with Gasteiger partial charge >= 0.3 is 0 Å². The van der Waals surface area contributed by atoms with E-state index < -0.39 is 0 Å². The Balaban J connectivity index is 1.48. The van der Waals surface area contributed by atoms with Crippen LogP contribution in [0.25, 0.3) is 21.1 Å². The van der Waals surface area contributed by atoms with Gasteiger partial charge in [-0.25, -0.2) is 4.98 Å². The molecule has 150 valence electrons. The second-order valence-corrected chi connectivity index (χ2v) is 9.14. The van der Waals surface area contributed by atoms with Crippen LogP contribution in [0.3, 0.4) is 0 Å². The van der Waals surface area contributed by atoms with Crippen molar-refractivity contribution >= 4 is 49.7 Å². The van der Waals surface area contributed by atoms with Gasteiger partial charge in [0, 0.05) is 36.5 Å². The molecule has 1 fully saturated rings. The van der Waals surface area contributed by atoms with E-state index in [9.17, 15) is 10.1 Å². The lowest BCUT2D eigenvalue weighted by Crippen LogP contribution is -2.35. The van der Waals surface area contributed by atoms with E-state index in [1.807, 2.05) is 42.5 Å².